The fraction of sp³-hybridized carbons (Fsp3) is 0.133. The van der Waals surface area contributed by atoms with Crippen molar-refractivity contribution in [3.05, 3.63) is 48.4 Å². The van der Waals surface area contributed by atoms with Crippen molar-refractivity contribution < 1.29 is 17.9 Å². The molecular weight excluding hydrogens is 346 g/mol. The van der Waals surface area contributed by atoms with Crippen LogP contribution in [0.5, 0.6) is 5.75 Å². The molecule has 0 fully saturated rings. The third kappa shape index (κ3) is 3.86. The van der Waals surface area contributed by atoms with E-state index in [1.807, 2.05) is 0 Å². The van der Waals surface area contributed by atoms with Gasteiger partial charge < -0.3 is 10.1 Å². The number of rotatable bonds is 5. The van der Waals surface area contributed by atoms with Gasteiger partial charge in [0.05, 0.1) is 24.6 Å². The van der Waals surface area contributed by atoms with Crippen LogP contribution in [0.3, 0.4) is 0 Å². The van der Waals surface area contributed by atoms with Gasteiger partial charge in [-0.2, -0.15) is 0 Å². The highest BCUT2D eigenvalue weighted by Crippen LogP contribution is 2.28. The Bertz CT molecular complexity index is 1050. The fourth-order valence-electron chi connectivity index (χ4n) is 2.23. The third-order valence-corrected chi connectivity index (χ3v) is 3.90. The number of carbonyl (C=O) groups excluding carboxylic acids is 1. The van der Waals surface area contributed by atoms with Crippen molar-refractivity contribution in [1.29, 1.82) is 0 Å². The number of hydrogen-bond donors (Lipinski definition) is 2. The van der Waals surface area contributed by atoms with Crippen LogP contribution in [0, 0.1) is 0 Å². The van der Waals surface area contributed by atoms with E-state index >= 15 is 0 Å². The summed E-state index contributed by atoms with van der Waals surface area (Å²) in [5, 5.41) is 10.3. The number of hydrogen-bond acceptors (Lipinski definition) is 6. The number of methoxy groups -OCH3 is 1. The summed E-state index contributed by atoms with van der Waals surface area (Å²) in [4.78, 5) is 12.4. The van der Waals surface area contributed by atoms with Crippen molar-refractivity contribution in [2.45, 2.75) is 0 Å². The molecule has 3 rings (SSSR count). The maximum absolute atomic E-state index is 12.4. The van der Waals surface area contributed by atoms with Gasteiger partial charge in [-0.1, -0.05) is 0 Å². The first kappa shape index (κ1) is 16.7. The molecule has 1 aromatic carbocycles. The number of nitrogens with one attached hydrogen (secondary N) is 2. The van der Waals surface area contributed by atoms with E-state index in [2.05, 4.69) is 20.2 Å². The van der Waals surface area contributed by atoms with Crippen molar-refractivity contribution in [2.75, 3.05) is 23.4 Å². The molecule has 0 aliphatic heterocycles. The molecule has 0 saturated heterocycles. The molecule has 10 heteroatoms. The Balaban J connectivity index is 1.86. The third-order valence-electron chi connectivity index (χ3n) is 3.31. The summed E-state index contributed by atoms with van der Waals surface area (Å²) in [5.41, 5.74) is 1.68. The first-order valence-electron chi connectivity index (χ1n) is 7.12. The summed E-state index contributed by atoms with van der Waals surface area (Å²) in [5.74, 6) is -0.0135. The molecule has 0 aliphatic rings. The molecule has 0 unspecified atom stereocenters. The number of sulfonamides is 1. The Morgan fingerprint density at radius 3 is 2.76 bits per heavy atom. The van der Waals surface area contributed by atoms with Gasteiger partial charge in [0.2, 0.25) is 10.0 Å². The van der Waals surface area contributed by atoms with Crippen LogP contribution < -0.4 is 14.8 Å². The van der Waals surface area contributed by atoms with Crippen molar-refractivity contribution >= 4 is 33.0 Å². The highest BCUT2D eigenvalue weighted by atomic mass is 32.2. The molecule has 3 aromatic rings. The van der Waals surface area contributed by atoms with E-state index in [9.17, 15) is 13.2 Å². The van der Waals surface area contributed by atoms with E-state index in [1.165, 1.54) is 19.5 Å². The van der Waals surface area contributed by atoms with E-state index in [-0.39, 0.29) is 11.6 Å². The molecule has 0 saturated carbocycles. The average molecular weight is 361 g/mol. The molecule has 2 aromatic heterocycles. The van der Waals surface area contributed by atoms with Crippen LogP contribution in [0.15, 0.2) is 42.9 Å². The minimum Gasteiger partial charge on any atom is -0.495 e. The topological polar surface area (TPSA) is 115 Å². The number of amides is 1. The maximum atomic E-state index is 12.4. The first-order chi connectivity index (χ1) is 11.9. The lowest BCUT2D eigenvalue weighted by Gasteiger charge is -2.12. The zero-order valence-electron chi connectivity index (χ0n) is 13.4. The van der Waals surface area contributed by atoms with Crippen molar-refractivity contribution in [2.24, 2.45) is 0 Å². The summed E-state index contributed by atoms with van der Waals surface area (Å²) in [6.45, 7) is 0. The summed E-state index contributed by atoms with van der Waals surface area (Å²) < 4.78 is 32.0. The number of fused-ring (bicyclic) bond motifs is 1. The van der Waals surface area contributed by atoms with E-state index in [4.69, 9.17) is 4.74 Å². The second-order valence-corrected chi connectivity index (χ2v) is 7.01. The molecule has 0 atom stereocenters. The van der Waals surface area contributed by atoms with Crippen molar-refractivity contribution in [1.82, 2.24) is 14.6 Å². The van der Waals surface area contributed by atoms with Gasteiger partial charge in [-0.25, -0.2) is 8.42 Å². The normalized spacial score (nSPS) is 11.3. The predicted molar refractivity (Wildman–Crippen MR) is 92.4 cm³/mol. The quantitative estimate of drug-likeness (QED) is 0.709. The number of nitrogens with zero attached hydrogens (tertiary/aromatic N) is 3. The van der Waals surface area contributed by atoms with Crippen molar-refractivity contribution in [3.63, 3.8) is 0 Å². The lowest BCUT2D eigenvalue weighted by atomic mass is 10.2. The number of benzene rings is 1. The Morgan fingerprint density at radius 2 is 2.04 bits per heavy atom. The minimum atomic E-state index is -3.48. The molecule has 0 aliphatic carbocycles. The van der Waals surface area contributed by atoms with E-state index in [1.54, 1.807) is 34.9 Å². The molecule has 0 radical (unpaired) electrons. The summed E-state index contributed by atoms with van der Waals surface area (Å²) in [7, 11) is -2.06. The van der Waals surface area contributed by atoms with E-state index in [0.29, 0.717) is 22.6 Å². The SMILES string of the molecule is COc1ccc(NC(=O)c2ccc3nncn3c2)cc1NS(C)(=O)=O. The molecule has 0 bridgehead atoms. The van der Waals surface area contributed by atoms with Gasteiger partial charge >= 0.3 is 0 Å². The van der Waals surface area contributed by atoms with Crippen molar-refractivity contribution in [3.8, 4) is 5.75 Å². The fourth-order valence-corrected chi connectivity index (χ4v) is 2.79. The highest BCUT2D eigenvalue weighted by Gasteiger charge is 2.12. The average Bonchev–Trinajstić information content (AvgIpc) is 3.01. The second kappa shape index (κ2) is 6.40. The van der Waals surface area contributed by atoms with Crippen LogP contribution in [0.4, 0.5) is 11.4 Å². The Morgan fingerprint density at radius 1 is 1.24 bits per heavy atom. The molecule has 2 N–H and O–H groups in total. The Labute approximate surface area is 143 Å². The monoisotopic (exact) mass is 361 g/mol. The van der Waals surface area contributed by atoms with E-state index in [0.717, 1.165) is 6.26 Å². The number of anilines is 2. The van der Waals surface area contributed by atoms with Crippen LogP contribution in [0.1, 0.15) is 10.4 Å². The highest BCUT2D eigenvalue weighted by molar-refractivity contribution is 7.92. The number of carbonyl (C=O) groups is 1. The Hall–Kier alpha value is -3.14. The lowest BCUT2D eigenvalue weighted by molar-refractivity contribution is 0.102. The van der Waals surface area contributed by atoms with Gasteiger partial charge in [0, 0.05) is 11.9 Å². The maximum Gasteiger partial charge on any atom is 0.257 e. The molecule has 25 heavy (non-hydrogen) atoms. The van der Waals surface area contributed by atoms with Crippen LogP contribution >= 0.6 is 0 Å². The van der Waals surface area contributed by atoms with Gasteiger partial charge in [-0.3, -0.25) is 13.9 Å². The zero-order chi connectivity index (χ0) is 18.0. The minimum absolute atomic E-state index is 0.233. The first-order valence-corrected chi connectivity index (χ1v) is 9.01. The van der Waals surface area contributed by atoms with Crippen LogP contribution in [0.25, 0.3) is 5.65 Å². The standard InChI is InChI=1S/C15H15N5O4S/c1-24-13-5-4-11(7-12(13)19-25(2,22)23)17-15(21)10-3-6-14-18-16-9-20(14)8-10/h3-9,19H,1-2H3,(H,17,21). The van der Waals surface area contributed by atoms with Gasteiger partial charge in [0.25, 0.3) is 5.91 Å². The molecule has 1 amide bonds. The van der Waals surface area contributed by atoms with Crippen LogP contribution in [-0.4, -0.2) is 42.3 Å². The smallest absolute Gasteiger partial charge is 0.257 e. The summed E-state index contributed by atoms with van der Waals surface area (Å²) >= 11 is 0. The molecular formula is C15H15N5O4S. The lowest BCUT2D eigenvalue weighted by Crippen LogP contribution is -2.14. The van der Waals surface area contributed by atoms with Gasteiger partial charge in [-0.05, 0) is 30.3 Å². The second-order valence-electron chi connectivity index (χ2n) is 5.26. The van der Waals surface area contributed by atoms with Crippen LogP contribution in [0.2, 0.25) is 0 Å². The van der Waals surface area contributed by atoms with Gasteiger partial charge in [-0.15, -0.1) is 10.2 Å². The number of pyridine rings is 1. The predicted octanol–water partition coefficient (Wildman–Crippen LogP) is 1.36. The Kier molecular flexibility index (Phi) is 4.28. The van der Waals surface area contributed by atoms with E-state index < -0.39 is 10.0 Å². The summed E-state index contributed by atoms with van der Waals surface area (Å²) in [6.07, 6.45) is 4.13. The molecule has 2 heterocycles. The number of aromatic nitrogens is 3. The summed E-state index contributed by atoms with van der Waals surface area (Å²) in [6, 6.07) is 7.95. The van der Waals surface area contributed by atoms with Gasteiger partial charge in [0.15, 0.2) is 5.65 Å². The number of ether oxygens (including phenoxy) is 1. The van der Waals surface area contributed by atoms with Gasteiger partial charge in [0.1, 0.15) is 12.1 Å². The largest absolute Gasteiger partial charge is 0.495 e. The molecule has 0 spiro atoms. The zero-order valence-corrected chi connectivity index (χ0v) is 14.2. The molecule has 9 nitrogen and oxygen atoms in total. The molecule has 130 valence electrons. The van der Waals surface area contributed by atoms with Crippen LogP contribution in [-0.2, 0) is 10.0 Å².